The Morgan fingerprint density at radius 2 is 1.70 bits per heavy atom. The van der Waals surface area contributed by atoms with Crippen LogP contribution in [0.4, 0.5) is 0 Å². The third-order valence-electron chi connectivity index (χ3n) is 7.27. The van der Waals surface area contributed by atoms with Gasteiger partial charge in [-0.05, 0) is 63.0 Å². The lowest BCUT2D eigenvalue weighted by molar-refractivity contribution is -0.161. The van der Waals surface area contributed by atoms with E-state index in [0.29, 0.717) is 38.1 Å². The first-order valence-corrected chi connectivity index (χ1v) is 13.0. The van der Waals surface area contributed by atoms with Gasteiger partial charge in [0.25, 0.3) is 0 Å². The number of rotatable bonds is 12. The Hall–Kier alpha value is -1.92. The van der Waals surface area contributed by atoms with E-state index in [9.17, 15) is 14.7 Å². The van der Waals surface area contributed by atoms with Crippen LogP contribution in [0.5, 0.6) is 0 Å². The molecule has 0 bridgehead atoms. The number of piperidine rings is 1. The highest BCUT2D eigenvalue weighted by molar-refractivity contribution is 6.00. The largest absolute Gasteiger partial charge is 0.396 e. The number of hydrogen-bond donors (Lipinski definition) is 2. The van der Waals surface area contributed by atoms with Crippen LogP contribution in [0.25, 0.3) is 0 Å². The molecule has 0 saturated carbocycles. The van der Waals surface area contributed by atoms with Crippen molar-refractivity contribution in [1.29, 1.82) is 0 Å². The van der Waals surface area contributed by atoms with Gasteiger partial charge in [0, 0.05) is 26.2 Å². The van der Waals surface area contributed by atoms with Crippen LogP contribution in [0.2, 0.25) is 0 Å². The molecule has 6 nitrogen and oxygen atoms in total. The van der Waals surface area contributed by atoms with Gasteiger partial charge in [-0.3, -0.25) is 9.59 Å². The number of nitrogens with one attached hydrogen (secondary N) is 1. The molecule has 0 unspecified atom stereocenters. The number of nitrogens with zero attached hydrogens (tertiary/aromatic N) is 2. The topological polar surface area (TPSA) is 72.9 Å². The molecule has 0 aromatic heterocycles. The van der Waals surface area contributed by atoms with E-state index in [1.54, 1.807) is 0 Å². The second-order valence-electron chi connectivity index (χ2n) is 10.2. The zero-order chi connectivity index (χ0) is 23.7. The van der Waals surface area contributed by atoms with Gasteiger partial charge in [0.2, 0.25) is 11.8 Å². The molecule has 3 rings (SSSR count). The summed E-state index contributed by atoms with van der Waals surface area (Å²) in [5.74, 6) is 0.373. The summed E-state index contributed by atoms with van der Waals surface area (Å²) in [6, 6.07) is 10.2. The summed E-state index contributed by atoms with van der Waals surface area (Å²) in [7, 11) is 0. The predicted octanol–water partition coefficient (Wildman–Crippen LogP) is 3.38. The number of aliphatic hydroxyl groups excluding tert-OH is 1. The van der Waals surface area contributed by atoms with Crippen molar-refractivity contribution in [2.75, 3.05) is 32.8 Å². The first-order chi connectivity index (χ1) is 16.0. The van der Waals surface area contributed by atoms with E-state index in [1.807, 2.05) is 4.90 Å². The van der Waals surface area contributed by atoms with Crippen LogP contribution in [-0.4, -0.2) is 71.1 Å². The molecule has 6 heteroatoms. The van der Waals surface area contributed by atoms with Gasteiger partial charge in [-0.2, -0.15) is 0 Å². The lowest BCUT2D eigenvalue weighted by atomic mass is 9.80. The molecule has 2 aliphatic rings. The van der Waals surface area contributed by atoms with Crippen molar-refractivity contribution in [3.63, 3.8) is 0 Å². The fourth-order valence-electron chi connectivity index (χ4n) is 5.37. The molecule has 2 fully saturated rings. The Kier molecular flexibility index (Phi) is 9.75. The summed E-state index contributed by atoms with van der Waals surface area (Å²) < 4.78 is 0. The van der Waals surface area contributed by atoms with Crippen LogP contribution in [0.3, 0.4) is 0 Å². The third-order valence-corrected chi connectivity index (χ3v) is 7.27. The summed E-state index contributed by atoms with van der Waals surface area (Å²) in [4.78, 5) is 30.8. The lowest BCUT2D eigenvalue weighted by Gasteiger charge is -2.52. The molecular formula is C27H43N3O3. The maximum Gasteiger partial charge on any atom is 0.246 e. The average Bonchev–Trinajstić information content (AvgIpc) is 2.81. The number of carbonyl (C=O) groups excluding carboxylic acids is 2. The molecule has 1 atom stereocenters. The molecule has 0 aliphatic carbocycles. The smallest absolute Gasteiger partial charge is 0.246 e. The minimum atomic E-state index is -0.744. The van der Waals surface area contributed by atoms with Crippen molar-refractivity contribution in [1.82, 2.24) is 15.1 Å². The molecule has 2 aliphatic heterocycles. The number of unbranched alkanes of at least 4 members (excludes halogenated alkanes) is 3. The van der Waals surface area contributed by atoms with Gasteiger partial charge in [0.1, 0.15) is 11.6 Å². The van der Waals surface area contributed by atoms with Gasteiger partial charge in [0.05, 0.1) is 0 Å². The van der Waals surface area contributed by atoms with Crippen LogP contribution in [0.1, 0.15) is 70.8 Å². The van der Waals surface area contributed by atoms with Crippen molar-refractivity contribution >= 4 is 11.8 Å². The molecular weight excluding hydrogens is 414 g/mol. The second kappa shape index (κ2) is 12.5. The van der Waals surface area contributed by atoms with E-state index in [1.165, 1.54) is 31.2 Å². The first kappa shape index (κ1) is 25.7. The molecule has 1 aromatic carbocycles. The van der Waals surface area contributed by atoms with E-state index in [0.717, 1.165) is 26.1 Å². The number of benzene rings is 1. The third kappa shape index (κ3) is 6.80. The SMILES string of the molecule is CC(C)C[C@@H]1NC(=O)C2(CCN(CCCCCCc3ccccc3)CC2)N(CCCO)C1=O. The summed E-state index contributed by atoms with van der Waals surface area (Å²) in [6.45, 7) is 7.38. The van der Waals surface area contributed by atoms with Crippen LogP contribution >= 0.6 is 0 Å². The van der Waals surface area contributed by atoms with Crippen molar-refractivity contribution in [2.24, 2.45) is 5.92 Å². The highest BCUT2D eigenvalue weighted by Crippen LogP contribution is 2.34. The molecule has 1 spiro atoms. The van der Waals surface area contributed by atoms with Gasteiger partial charge in [-0.15, -0.1) is 0 Å². The monoisotopic (exact) mass is 457 g/mol. The van der Waals surface area contributed by atoms with Crippen LogP contribution in [-0.2, 0) is 16.0 Å². The number of piperazine rings is 1. The first-order valence-electron chi connectivity index (χ1n) is 13.0. The number of aryl methyl sites for hydroxylation is 1. The predicted molar refractivity (Wildman–Crippen MR) is 132 cm³/mol. The van der Waals surface area contributed by atoms with Crippen LogP contribution < -0.4 is 5.32 Å². The fraction of sp³-hybridized carbons (Fsp3) is 0.704. The molecule has 0 radical (unpaired) electrons. The van der Waals surface area contributed by atoms with Crippen LogP contribution in [0.15, 0.2) is 30.3 Å². The number of amides is 2. The molecule has 33 heavy (non-hydrogen) atoms. The van der Waals surface area contributed by atoms with Crippen molar-refractivity contribution in [3.8, 4) is 0 Å². The fourth-order valence-corrected chi connectivity index (χ4v) is 5.37. The lowest BCUT2D eigenvalue weighted by Crippen LogP contribution is -2.73. The summed E-state index contributed by atoms with van der Waals surface area (Å²) in [6.07, 6.45) is 8.57. The minimum absolute atomic E-state index is 0.00579. The average molecular weight is 458 g/mol. The van der Waals surface area contributed by atoms with Gasteiger partial charge in [-0.1, -0.05) is 57.0 Å². The summed E-state index contributed by atoms with van der Waals surface area (Å²) in [5, 5.41) is 12.4. The Morgan fingerprint density at radius 3 is 2.36 bits per heavy atom. The minimum Gasteiger partial charge on any atom is -0.396 e. The van der Waals surface area contributed by atoms with E-state index >= 15 is 0 Å². The molecule has 2 N–H and O–H groups in total. The maximum atomic E-state index is 13.3. The second-order valence-corrected chi connectivity index (χ2v) is 10.2. The maximum absolute atomic E-state index is 13.3. The number of likely N-dealkylation sites (tertiary alicyclic amines) is 1. The number of hydrogen-bond acceptors (Lipinski definition) is 4. The molecule has 1 aromatic rings. The molecule has 184 valence electrons. The quantitative estimate of drug-likeness (QED) is 0.472. The normalized spacial score (nSPS) is 21.1. The van der Waals surface area contributed by atoms with Crippen LogP contribution in [0, 0.1) is 5.92 Å². The van der Waals surface area contributed by atoms with E-state index in [2.05, 4.69) is 54.4 Å². The van der Waals surface area contributed by atoms with Gasteiger partial charge < -0.3 is 20.2 Å². The molecule has 2 amide bonds. The highest BCUT2D eigenvalue weighted by atomic mass is 16.3. The van der Waals surface area contributed by atoms with Crippen molar-refractivity contribution in [3.05, 3.63) is 35.9 Å². The van der Waals surface area contributed by atoms with Gasteiger partial charge in [-0.25, -0.2) is 0 Å². The van der Waals surface area contributed by atoms with E-state index in [4.69, 9.17) is 0 Å². The Morgan fingerprint density at radius 1 is 1.00 bits per heavy atom. The summed E-state index contributed by atoms with van der Waals surface area (Å²) in [5.41, 5.74) is 0.673. The van der Waals surface area contributed by atoms with Crippen molar-refractivity contribution < 1.29 is 14.7 Å². The molecule has 2 heterocycles. The van der Waals surface area contributed by atoms with Gasteiger partial charge in [0.15, 0.2) is 0 Å². The van der Waals surface area contributed by atoms with Crippen molar-refractivity contribution in [2.45, 2.75) is 83.2 Å². The van der Waals surface area contributed by atoms with E-state index < -0.39 is 11.6 Å². The Bertz CT molecular complexity index is 744. The highest BCUT2D eigenvalue weighted by Gasteiger charge is 2.53. The van der Waals surface area contributed by atoms with E-state index in [-0.39, 0.29) is 18.4 Å². The summed E-state index contributed by atoms with van der Waals surface area (Å²) >= 11 is 0. The van der Waals surface area contributed by atoms with Gasteiger partial charge >= 0.3 is 0 Å². The zero-order valence-electron chi connectivity index (χ0n) is 20.6. The number of carbonyl (C=O) groups is 2. The number of aliphatic hydroxyl groups is 1. The Labute approximate surface area is 199 Å². The zero-order valence-corrected chi connectivity index (χ0v) is 20.6. The standard InChI is InChI=1S/C27H43N3O3/c1-22(2)21-24-25(32)30(17-10-20-31)27(26(33)28-24)14-18-29(19-15-27)16-9-4-3-6-11-23-12-7-5-8-13-23/h5,7-8,12-13,22,24,31H,3-4,6,9-11,14-21H2,1-2H3,(H,28,33)/t24-/m0/s1. The molecule has 2 saturated heterocycles. The Balaban J connectivity index is 1.46.